The molecule has 0 unspecified atom stereocenters. The van der Waals surface area contributed by atoms with Gasteiger partial charge in [0.1, 0.15) is 11.5 Å². The molecule has 0 heterocycles. The number of aromatic hydroxyl groups is 2. The molecule has 0 aliphatic rings. The molecule has 2 aromatic rings. The van der Waals surface area contributed by atoms with Gasteiger partial charge in [0.25, 0.3) is 5.91 Å². The summed E-state index contributed by atoms with van der Waals surface area (Å²) < 4.78 is 0. The van der Waals surface area contributed by atoms with Gasteiger partial charge in [0.05, 0.1) is 6.61 Å². The number of para-hydroxylation sites is 1. The first-order chi connectivity index (χ1) is 9.61. The SMILES string of the molecule is O=C(c1cc(O)cc(O)c1)N(CCO)c1ccccc1. The summed E-state index contributed by atoms with van der Waals surface area (Å²) in [6.45, 7) is -0.0648. The lowest BCUT2D eigenvalue weighted by atomic mass is 10.1. The zero-order valence-corrected chi connectivity index (χ0v) is 10.7. The van der Waals surface area contributed by atoms with Crippen LogP contribution in [0.5, 0.6) is 11.5 Å². The van der Waals surface area contributed by atoms with Crippen LogP contribution < -0.4 is 4.90 Å². The quantitative estimate of drug-likeness (QED) is 0.792. The summed E-state index contributed by atoms with van der Waals surface area (Å²) in [6.07, 6.45) is 0. The predicted molar refractivity (Wildman–Crippen MR) is 75.0 cm³/mol. The van der Waals surface area contributed by atoms with Gasteiger partial charge in [0, 0.05) is 23.9 Å². The summed E-state index contributed by atoms with van der Waals surface area (Å²) in [5, 5.41) is 28.0. The molecule has 20 heavy (non-hydrogen) atoms. The van der Waals surface area contributed by atoms with Crippen LogP contribution in [-0.2, 0) is 0 Å². The fourth-order valence-corrected chi connectivity index (χ4v) is 1.93. The highest BCUT2D eigenvalue weighted by Crippen LogP contribution is 2.23. The predicted octanol–water partition coefficient (Wildman–Crippen LogP) is 1.74. The smallest absolute Gasteiger partial charge is 0.258 e. The monoisotopic (exact) mass is 273 g/mol. The number of benzene rings is 2. The molecule has 2 aromatic carbocycles. The standard InChI is InChI=1S/C15H15NO4/c17-7-6-16(12-4-2-1-3-5-12)15(20)11-8-13(18)10-14(19)9-11/h1-5,8-10,17-19H,6-7H2. The number of aliphatic hydroxyl groups excluding tert-OH is 1. The van der Waals surface area contributed by atoms with E-state index >= 15 is 0 Å². The Hall–Kier alpha value is -2.53. The van der Waals surface area contributed by atoms with E-state index in [4.69, 9.17) is 5.11 Å². The van der Waals surface area contributed by atoms with Crippen molar-refractivity contribution in [3.05, 3.63) is 54.1 Å². The topological polar surface area (TPSA) is 81.0 Å². The highest BCUT2D eigenvalue weighted by Gasteiger charge is 2.18. The second-order valence-electron chi connectivity index (χ2n) is 4.25. The number of nitrogens with zero attached hydrogens (tertiary/aromatic N) is 1. The summed E-state index contributed by atoms with van der Waals surface area (Å²) in [5.74, 6) is -0.785. The van der Waals surface area contributed by atoms with Crippen molar-refractivity contribution in [1.82, 2.24) is 0 Å². The second kappa shape index (κ2) is 6.08. The molecular formula is C15H15NO4. The molecule has 0 bridgehead atoms. The first kappa shape index (κ1) is 13.9. The third kappa shape index (κ3) is 3.07. The van der Waals surface area contributed by atoms with E-state index in [-0.39, 0.29) is 30.2 Å². The number of phenols is 2. The first-order valence-corrected chi connectivity index (χ1v) is 6.12. The molecule has 0 aliphatic heterocycles. The third-order valence-electron chi connectivity index (χ3n) is 2.79. The molecule has 1 amide bonds. The maximum atomic E-state index is 12.4. The fraction of sp³-hybridized carbons (Fsp3) is 0.133. The molecule has 104 valence electrons. The van der Waals surface area contributed by atoms with E-state index in [1.807, 2.05) is 6.07 Å². The number of rotatable bonds is 4. The highest BCUT2D eigenvalue weighted by atomic mass is 16.3. The lowest BCUT2D eigenvalue weighted by Crippen LogP contribution is -2.33. The molecule has 0 saturated carbocycles. The second-order valence-corrected chi connectivity index (χ2v) is 4.25. The van der Waals surface area contributed by atoms with E-state index in [0.717, 1.165) is 6.07 Å². The van der Waals surface area contributed by atoms with Crippen molar-refractivity contribution in [2.45, 2.75) is 0 Å². The van der Waals surface area contributed by atoms with Gasteiger partial charge in [0.2, 0.25) is 0 Å². The minimum Gasteiger partial charge on any atom is -0.508 e. The van der Waals surface area contributed by atoms with E-state index in [9.17, 15) is 15.0 Å². The van der Waals surface area contributed by atoms with Crippen molar-refractivity contribution in [3.8, 4) is 11.5 Å². The van der Waals surface area contributed by atoms with E-state index in [1.54, 1.807) is 24.3 Å². The average molecular weight is 273 g/mol. The summed E-state index contributed by atoms with van der Waals surface area (Å²) in [6, 6.07) is 12.6. The van der Waals surface area contributed by atoms with Crippen molar-refractivity contribution in [2.24, 2.45) is 0 Å². The number of carbonyl (C=O) groups excluding carboxylic acids is 1. The van der Waals surface area contributed by atoms with Crippen LogP contribution in [0.2, 0.25) is 0 Å². The van der Waals surface area contributed by atoms with Crippen LogP contribution in [-0.4, -0.2) is 34.4 Å². The third-order valence-corrected chi connectivity index (χ3v) is 2.79. The van der Waals surface area contributed by atoms with Gasteiger partial charge in [-0.3, -0.25) is 4.79 Å². The molecule has 0 spiro atoms. The summed E-state index contributed by atoms with van der Waals surface area (Å²) in [7, 11) is 0. The number of hydrogen-bond acceptors (Lipinski definition) is 4. The largest absolute Gasteiger partial charge is 0.508 e. The Kier molecular flexibility index (Phi) is 4.22. The van der Waals surface area contributed by atoms with Crippen LogP contribution in [0.3, 0.4) is 0 Å². The molecule has 0 saturated heterocycles. The van der Waals surface area contributed by atoms with Crippen molar-refractivity contribution in [1.29, 1.82) is 0 Å². The van der Waals surface area contributed by atoms with Gasteiger partial charge < -0.3 is 20.2 Å². The molecule has 0 radical (unpaired) electrons. The van der Waals surface area contributed by atoms with Crippen LogP contribution in [0.1, 0.15) is 10.4 Å². The number of carbonyl (C=O) groups is 1. The Morgan fingerprint density at radius 3 is 2.15 bits per heavy atom. The summed E-state index contributed by atoms with van der Waals surface area (Å²) in [4.78, 5) is 13.8. The molecule has 5 heteroatoms. The number of phenolic OH excluding ortho intramolecular Hbond substituents is 2. The van der Waals surface area contributed by atoms with Gasteiger partial charge >= 0.3 is 0 Å². The minimum atomic E-state index is -0.406. The van der Waals surface area contributed by atoms with Crippen molar-refractivity contribution < 1.29 is 20.1 Å². The Labute approximate surface area is 116 Å². The number of amides is 1. The van der Waals surface area contributed by atoms with Crippen molar-refractivity contribution in [3.63, 3.8) is 0 Å². The number of hydrogen-bond donors (Lipinski definition) is 3. The van der Waals surface area contributed by atoms with Gasteiger partial charge in [-0.15, -0.1) is 0 Å². The highest BCUT2D eigenvalue weighted by molar-refractivity contribution is 6.06. The zero-order valence-electron chi connectivity index (χ0n) is 10.7. The van der Waals surface area contributed by atoms with Gasteiger partial charge in [-0.05, 0) is 24.3 Å². The van der Waals surface area contributed by atoms with Crippen LogP contribution >= 0.6 is 0 Å². The van der Waals surface area contributed by atoms with Gasteiger partial charge in [-0.25, -0.2) is 0 Å². The average Bonchev–Trinajstić information content (AvgIpc) is 2.44. The van der Waals surface area contributed by atoms with E-state index in [1.165, 1.54) is 17.0 Å². The lowest BCUT2D eigenvalue weighted by molar-refractivity contribution is 0.0980. The van der Waals surface area contributed by atoms with Crippen molar-refractivity contribution in [2.75, 3.05) is 18.1 Å². The van der Waals surface area contributed by atoms with E-state index in [0.29, 0.717) is 5.69 Å². The molecule has 5 nitrogen and oxygen atoms in total. The number of anilines is 1. The van der Waals surface area contributed by atoms with Gasteiger partial charge in [-0.1, -0.05) is 18.2 Å². The normalized spacial score (nSPS) is 10.2. The van der Waals surface area contributed by atoms with Crippen LogP contribution in [0.15, 0.2) is 48.5 Å². The molecule has 2 rings (SSSR count). The Bertz CT molecular complexity index is 578. The maximum absolute atomic E-state index is 12.4. The Morgan fingerprint density at radius 2 is 1.60 bits per heavy atom. The Balaban J connectivity index is 2.36. The van der Waals surface area contributed by atoms with Gasteiger partial charge in [-0.2, -0.15) is 0 Å². The first-order valence-electron chi connectivity index (χ1n) is 6.12. The summed E-state index contributed by atoms with van der Waals surface area (Å²) in [5.41, 5.74) is 0.786. The molecule has 0 aromatic heterocycles. The molecule has 3 N–H and O–H groups in total. The maximum Gasteiger partial charge on any atom is 0.258 e. The lowest BCUT2D eigenvalue weighted by Gasteiger charge is -2.22. The molecule has 0 fully saturated rings. The molecule has 0 atom stereocenters. The van der Waals surface area contributed by atoms with Crippen molar-refractivity contribution >= 4 is 11.6 Å². The van der Waals surface area contributed by atoms with Crippen LogP contribution in [0.4, 0.5) is 5.69 Å². The number of aliphatic hydroxyl groups is 1. The minimum absolute atomic E-state index is 0.124. The summed E-state index contributed by atoms with van der Waals surface area (Å²) >= 11 is 0. The van der Waals surface area contributed by atoms with Crippen LogP contribution in [0.25, 0.3) is 0 Å². The zero-order chi connectivity index (χ0) is 14.5. The van der Waals surface area contributed by atoms with Gasteiger partial charge in [0.15, 0.2) is 0 Å². The Morgan fingerprint density at radius 1 is 1.00 bits per heavy atom. The van der Waals surface area contributed by atoms with E-state index < -0.39 is 5.91 Å². The fourth-order valence-electron chi connectivity index (χ4n) is 1.93. The van der Waals surface area contributed by atoms with Crippen LogP contribution in [0, 0.1) is 0 Å². The molecular weight excluding hydrogens is 258 g/mol. The van der Waals surface area contributed by atoms with E-state index in [2.05, 4.69) is 0 Å². The molecule has 0 aliphatic carbocycles.